The summed E-state index contributed by atoms with van der Waals surface area (Å²) in [7, 11) is 0. The number of nitrogens with two attached hydrogens (primary N) is 1. The van der Waals surface area contributed by atoms with Crippen LogP contribution in [0, 0.1) is 34.3 Å². The van der Waals surface area contributed by atoms with Gasteiger partial charge in [0.15, 0.2) is 10.3 Å². The van der Waals surface area contributed by atoms with Crippen LogP contribution in [-0.2, 0) is 9.59 Å². The average Bonchev–Trinajstić information content (AvgIpc) is 4.08. The fourth-order valence-corrected chi connectivity index (χ4v) is 11.7. The zero-order valence-corrected chi connectivity index (χ0v) is 46.5. The number of unbranched alkanes of at least 4 members (excludes halogenated alkanes) is 4. The summed E-state index contributed by atoms with van der Waals surface area (Å²) in [6.45, 7) is 10.8. The highest BCUT2D eigenvalue weighted by Gasteiger charge is 2.59. The van der Waals surface area contributed by atoms with E-state index in [-0.39, 0.29) is 75.6 Å². The van der Waals surface area contributed by atoms with Crippen molar-refractivity contribution in [3.05, 3.63) is 119 Å². The van der Waals surface area contributed by atoms with Gasteiger partial charge in [-0.25, -0.2) is 28.7 Å². The molecule has 4 atom stereocenters. The van der Waals surface area contributed by atoms with Crippen LogP contribution in [0.1, 0.15) is 161 Å². The number of carbonyl (C=O) groups is 4. The van der Waals surface area contributed by atoms with E-state index in [0.29, 0.717) is 71.0 Å². The number of hydrogen-bond donors (Lipinski definition) is 5. The lowest BCUT2D eigenvalue weighted by Gasteiger charge is -2.32. The van der Waals surface area contributed by atoms with E-state index < -0.39 is 5.97 Å². The maximum atomic E-state index is 13.4. The fourth-order valence-electron chi connectivity index (χ4n) is 11.1. The Hall–Kier alpha value is -6.12. The van der Waals surface area contributed by atoms with E-state index >= 15 is 0 Å². The van der Waals surface area contributed by atoms with Gasteiger partial charge in [0, 0.05) is 35.9 Å². The van der Waals surface area contributed by atoms with Crippen LogP contribution >= 0.6 is 23.2 Å². The molecule has 0 radical (unpaired) electrons. The van der Waals surface area contributed by atoms with Crippen LogP contribution in [0.3, 0.4) is 0 Å². The maximum Gasteiger partial charge on any atom is 0.307 e. The monoisotopic (exact) mass is 1130 g/mol. The number of aliphatic carboxylic acids is 1. The van der Waals surface area contributed by atoms with Crippen molar-refractivity contribution >= 4 is 46.6 Å². The van der Waals surface area contributed by atoms with Gasteiger partial charge in [0.25, 0.3) is 11.8 Å². The fraction of sp³-hybridized carbons (Fsp3) is 0.517. The molecule has 6 aromatic rings. The van der Waals surface area contributed by atoms with Gasteiger partial charge in [-0.3, -0.25) is 19.2 Å². The molecule has 0 unspecified atom stereocenters. The van der Waals surface area contributed by atoms with Crippen LogP contribution in [0.25, 0.3) is 22.8 Å². The lowest BCUT2D eigenvalue weighted by Crippen LogP contribution is -2.37. The van der Waals surface area contributed by atoms with Crippen LogP contribution < -0.4 is 11.1 Å². The number of imidazole rings is 2. The number of likely N-dealkylation sites (tertiary alicyclic amines) is 2. The van der Waals surface area contributed by atoms with E-state index in [2.05, 4.69) is 58.9 Å². The number of nitrogens with one attached hydrogen (secondary N) is 3. The first kappa shape index (κ1) is 59.0. The Morgan fingerprint density at radius 3 is 1.57 bits per heavy atom. The van der Waals surface area contributed by atoms with Crippen LogP contribution in [0.4, 0.5) is 8.78 Å². The van der Waals surface area contributed by atoms with Gasteiger partial charge in [0.2, 0.25) is 17.5 Å². The van der Waals surface area contributed by atoms with Crippen molar-refractivity contribution < 1.29 is 41.9 Å². The number of aromatic amines is 2. The number of carboxylic acid groups (broad SMARTS) is 1. The van der Waals surface area contributed by atoms with E-state index in [1.165, 1.54) is 49.2 Å². The van der Waals surface area contributed by atoms with Crippen LogP contribution in [0.15, 0.2) is 82.3 Å². The van der Waals surface area contributed by atoms with Crippen molar-refractivity contribution in [1.82, 2.24) is 45.0 Å². The second-order valence-electron chi connectivity index (χ2n) is 21.4. The van der Waals surface area contributed by atoms with E-state index in [1.807, 2.05) is 0 Å². The summed E-state index contributed by atoms with van der Waals surface area (Å²) < 4.78 is 36.5. The molecule has 2 saturated heterocycles. The molecule has 17 nitrogen and oxygen atoms in total. The molecule has 2 aromatic carbocycles. The van der Waals surface area contributed by atoms with Crippen LogP contribution in [0.2, 0.25) is 10.3 Å². The van der Waals surface area contributed by atoms with Gasteiger partial charge in [-0.15, -0.1) is 0 Å². The molecule has 0 bridgehead atoms. The molecule has 4 aliphatic rings. The molecular weight excluding hydrogens is 1060 g/mol. The second kappa shape index (κ2) is 27.4. The van der Waals surface area contributed by atoms with Crippen molar-refractivity contribution in [2.75, 3.05) is 39.3 Å². The molecule has 6 heterocycles. The maximum absolute atomic E-state index is 13.4. The smallest absolute Gasteiger partial charge is 0.307 e. The van der Waals surface area contributed by atoms with E-state index in [0.717, 1.165) is 115 Å². The highest BCUT2D eigenvalue weighted by Crippen LogP contribution is 2.60. The molecule has 2 saturated carbocycles. The van der Waals surface area contributed by atoms with Gasteiger partial charge in [-0.05, 0) is 163 Å². The quantitative estimate of drug-likeness (QED) is 0.0296. The molecule has 1 amide bonds. The number of carbonyl (C=O) groups excluding carboxylic acids is 3. The number of aromatic nitrogens is 6. The lowest BCUT2D eigenvalue weighted by molar-refractivity contribution is -0.139. The standard InChI is InChI=1S/C29H35ClFN5O3.C19H20ClFN4O2.C10H17NO2/c1-2-36-15-12-29(13-16-36)18-21(29)27(38)33-22(6-4-3-5-7-23(37)28-32-14-17-39-28)24-25(30)35-26(34-24)19-8-10-20(31)11-9-19;20-17-16(24-18(25-17)12-6-8-13(21)9-7-12)14(22)4-2-1-3-5-15(26)19-23-10-11-27-19;1-2-11-5-3-10(4-6-11)7-8(10)9(12)13/h8-11,14,17,21-22H,2-7,12-13,15-16,18H2,1H3,(H,33,38)(H,34,35);6-11,14H,1-5,22H2,(H,24,25);8H,2-7H2,1H3,(H,12,13)/t21-,22+;14-;8-/m101/s1. The molecule has 4 fully saturated rings. The van der Waals surface area contributed by atoms with E-state index in [1.54, 1.807) is 24.3 Å². The number of oxazole rings is 2. The number of H-pyrrole nitrogens is 2. The number of hydrogen-bond acceptors (Lipinski definition) is 13. The summed E-state index contributed by atoms with van der Waals surface area (Å²) in [6, 6.07) is 11.4. The minimum absolute atomic E-state index is 0.0218. The number of piperidine rings is 2. The summed E-state index contributed by atoms with van der Waals surface area (Å²) in [6.07, 6.45) is 18.7. The Morgan fingerprint density at radius 2 is 1.13 bits per heavy atom. The first-order valence-corrected chi connectivity index (χ1v) is 28.5. The molecule has 10 rings (SSSR count). The molecule has 6 N–H and O–H groups in total. The highest BCUT2D eigenvalue weighted by atomic mass is 35.5. The summed E-state index contributed by atoms with van der Waals surface area (Å²) >= 11 is 12.8. The SMILES string of the molecule is CCN1CCC2(CC1)C[C@@H]2C(=O)N[C@@H](CCCCCC(=O)c1ncco1)c1[nH]c(-c2ccc(F)cc2)nc1Cl.CCN1CCC2(CC1)C[C@@H]2C(=O)O.N[C@@H](CCCCCC(=O)c1ncco1)c1[nH]c(-c2ccc(F)cc2)nc1Cl. The zero-order chi connectivity index (χ0) is 56.1. The number of halogens is 4. The molecule has 2 aliphatic heterocycles. The summed E-state index contributed by atoms with van der Waals surface area (Å²) in [5.74, 6) is 0.0298. The van der Waals surface area contributed by atoms with Crippen LogP contribution in [0.5, 0.6) is 0 Å². The zero-order valence-electron chi connectivity index (χ0n) is 45.0. The number of amides is 1. The predicted molar refractivity (Wildman–Crippen MR) is 295 cm³/mol. The molecule has 4 aromatic heterocycles. The van der Waals surface area contributed by atoms with E-state index in [9.17, 15) is 28.0 Å². The highest BCUT2D eigenvalue weighted by molar-refractivity contribution is 6.30. The van der Waals surface area contributed by atoms with Crippen molar-refractivity contribution in [1.29, 1.82) is 0 Å². The number of benzene rings is 2. The van der Waals surface area contributed by atoms with Gasteiger partial charge in [0.05, 0.1) is 35.7 Å². The topological polar surface area (TPSA) is 242 Å². The first-order chi connectivity index (χ1) is 38.1. The first-order valence-electron chi connectivity index (χ1n) is 27.7. The van der Waals surface area contributed by atoms with Gasteiger partial charge in [0.1, 0.15) is 35.8 Å². The van der Waals surface area contributed by atoms with Crippen molar-refractivity contribution in [3.8, 4) is 22.8 Å². The minimum Gasteiger partial charge on any atom is -0.481 e. The third-order valence-corrected chi connectivity index (χ3v) is 17.0. The number of nitrogens with zero attached hydrogens (tertiary/aromatic N) is 6. The average molecular weight is 1130 g/mol. The van der Waals surface area contributed by atoms with Gasteiger partial charge in [-0.2, -0.15) is 0 Å². The summed E-state index contributed by atoms with van der Waals surface area (Å²) in [5, 5.41) is 12.8. The van der Waals surface area contributed by atoms with Crippen molar-refractivity contribution in [2.24, 2.45) is 28.4 Å². The molecule has 21 heteroatoms. The second-order valence-corrected chi connectivity index (χ2v) is 22.1. The number of rotatable bonds is 23. The number of ketones is 2. The summed E-state index contributed by atoms with van der Waals surface area (Å²) in [5.41, 5.74) is 9.31. The Balaban J connectivity index is 0.000000176. The Bertz CT molecular complexity index is 2920. The van der Waals surface area contributed by atoms with Crippen LogP contribution in [-0.4, -0.2) is 108 Å². The van der Waals surface area contributed by atoms with Crippen molar-refractivity contribution in [3.63, 3.8) is 0 Å². The Labute approximate surface area is 469 Å². The Morgan fingerprint density at radius 1 is 0.684 bits per heavy atom. The molecule has 2 spiro atoms. The molecule has 2 aliphatic carbocycles. The molecular formula is C58H72Cl2F2N10O7. The normalized spacial score (nSPS) is 18.9. The van der Waals surface area contributed by atoms with Gasteiger partial charge < -0.3 is 44.8 Å². The lowest BCUT2D eigenvalue weighted by atomic mass is 9.90. The van der Waals surface area contributed by atoms with Crippen molar-refractivity contribution in [2.45, 2.75) is 129 Å². The largest absolute Gasteiger partial charge is 0.481 e. The molecule has 424 valence electrons. The third kappa shape index (κ3) is 15.6. The Kier molecular flexibility index (Phi) is 20.4. The summed E-state index contributed by atoms with van der Waals surface area (Å²) in [4.78, 5) is 75.9. The number of carboxylic acids is 1. The minimum atomic E-state index is -0.579. The van der Waals surface area contributed by atoms with E-state index in [4.69, 9.17) is 42.9 Å². The number of Topliss-reactive ketones (excluding diaryl/α,β-unsaturated/α-hetero) is 2. The third-order valence-electron chi connectivity index (χ3n) is 16.4. The van der Waals surface area contributed by atoms with Gasteiger partial charge in [-0.1, -0.05) is 62.7 Å². The van der Waals surface area contributed by atoms with Gasteiger partial charge >= 0.3 is 5.97 Å². The molecule has 79 heavy (non-hydrogen) atoms. The predicted octanol–water partition coefficient (Wildman–Crippen LogP) is 11.9.